The van der Waals surface area contributed by atoms with Gasteiger partial charge < -0.3 is 19.8 Å². The van der Waals surface area contributed by atoms with Crippen molar-refractivity contribution < 1.29 is 28.1 Å². The molecule has 1 aliphatic heterocycles. The molecule has 1 saturated heterocycles. The van der Waals surface area contributed by atoms with Gasteiger partial charge in [-0.1, -0.05) is 0 Å². The van der Waals surface area contributed by atoms with Gasteiger partial charge in [0.1, 0.15) is 0 Å². The largest absolute Gasteiger partial charge is 0.417 e. The van der Waals surface area contributed by atoms with Gasteiger partial charge in [0.2, 0.25) is 0 Å². The predicted octanol–water partition coefficient (Wildman–Crippen LogP) is 1.55. The zero-order valence-electron chi connectivity index (χ0n) is 12.2. The summed E-state index contributed by atoms with van der Waals surface area (Å²) in [6.07, 6.45) is -6.05. The van der Waals surface area contributed by atoms with E-state index in [1.807, 2.05) is 20.8 Å². The van der Waals surface area contributed by atoms with Gasteiger partial charge in [-0.05, 0) is 33.6 Å². The highest BCUT2D eigenvalue weighted by Gasteiger charge is 2.54. The molecule has 0 aliphatic carbocycles. The lowest BCUT2D eigenvalue weighted by atomic mass is 9.90. The molecule has 7 heteroatoms. The molecule has 0 radical (unpaired) electrons. The van der Waals surface area contributed by atoms with E-state index in [4.69, 9.17) is 4.74 Å². The van der Waals surface area contributed by atoms with Crippen LogP contribution in [0.4, 0.5) is 13.2 Å². The Hall–Kier alpha value is -0.370. The average molecular weight is 299 g/mol. The predicted molar refractivity (Wildman–Crippen MR) is 68.4 cm³/mol. The van der Waals surface area contributed by atoms with Crippen molar-refractivity contribution in [1.82, 2.24) is 4.90 Å². The molecule has 0 aromatic rings. The van der Waals surface area contributed by atoms with Crippen LogP contribution in [0.3, 0.4) is 0 Å². The summed E-state index contributed by atoms with van der Waals surface area (Å²) in [5.41, 5.74) is -2.95. The molecule has 1 heterocycles. The van der Waals surface area contributed by atoms with Gasteiger partial charge in [-0.15, -0.1) is 0 Å². The first-order valence-electron chi connectivity index (χ1n) is 6.76. The standard InChI is InChI=1S/C13H24F3NO3/c1-11(2,3)20-9-10(18)8-17-6-4-12(19,5-7-17)13(14,15)16/h10,18-19H,4-9H2,1-3H3. The number of alkyl halides is 3. The second-order valence-electron chi connectivity index (χ2n) is 6.41. The lowest BCUT2D eigenvalue weighted by Crippen LogP contribution is -2.54. The van der Waals surface area contributed by atoms with E-state index in [0.717, 1.165) is 0 Å². The van der Waals surface area contributed by atoms with Gasteiger partial charge in [-0.2, -0.15) is 13.2 Å². The molecule has 0 spiro atoms. The van der Waals surface area contributed by atoms with Crippen molar-refractivity contribution in [2.45, 2.75) is 57.1 Å². The molecule has 0 amide bonds. The van der Waals surface area contributed by atoms with Crippen LogP contribution in [0.1, 0.15) is 33.6 Å². The molecule has 0 bridgehead atoms. The number of rotatable bonds is 4. The van der Waals surface area contributed by atoms with E-state index in [1.54, 1.807) is 4.90 Å². The molecule has 4 nitrogen and oxygen atoms in total. The highest BCUT2D eigenvalue weighted by Crippen LogP contribution is 2.38. The van der Waals surface area contributed by atoms with E-state index in [0.29, 0.717) is 0 Å². The van der Waals surface area contributed by atoms with Gasteiger partial charge >= 0.3 is 6.18 Å². The van der Waals surface area contributed by atoms with Gasteiger partial charge in [0.15, 0.2) is 5.60 Å². The summed E-state index contributed by atoms with van der Waals surface area (Å²) in [6, 6.07) is 0. The Morgan fingerprint density at radius 1 is 1.20 bits per heavy atom. The van der Waals surface area contributed by atoms with Crippen molar-refractivity contribution in [2.24, 2.45) is 0 Å². The Kier molecular flexibility index (Phi) is 5.46. The van der Waals surface area contributed by atoms with E-state index in [2.05, 4.69) is 0 Å². The number of piperidine rings is 1. The average Bonchev–Trinajstić information content (AvgIpc) is 2.27. The zero-order chi connectivity index (χ0) is 15.6. The number of nitrogens with zero attached hydrogens (tertiary/aromatic N) is 1. The van der Waals surface area contributed by atoms with Gasteiger partial charge in [-0.3, -0.25) is 0 Å². The van der Waals surface area contributed by atoms with Crippen molar-refractivity contribution >= 4 is 0 Å². The number of ether oxygens (including phenoxy) is 1. The van der Waals surface area contributed by atoms with E-state index < -0.39 is 17.9 Å². The third-order valence-corrected chi connectivity index (χ3v) is 3.39. The summed E-state index contributed by atoms with van der Waals surface area (Å²) in [7, 11) is 0. The third-order valence-electron chi connectivity index (χ3n) is 3.39. The second kappa shape index (κ2) is 6.17. The summed E-state index contributed by atoms with van der Waals surface area (Å²) in [4.78, 5) is 1.72. The normalized spacial score (nSPS) is 22.8. The van der Waals surface area contributed by atoms with Crippen LogP contribution in [0.15, 0.2) is 0 Å². The molecule has 0 saturated carbocycles. The smallest absolute Gasteiger partial charge is 0.389 e. The third kappa shape index (κ3) is 5.20. The summed E-state index contributed by atoms with van der Waals surface area (Å²) < 4.78 is 43.3. The molecule has 120 valence electrons. The van der Waals surface area contributed by atoms with Crippen molar-refractivity contribution in [2.75, 3.05) is 26.2 Å². The van der Waals surface area contributed by atoms with Crippen molar-refractivity contribution in [1.29, 1.82) is 0 Å². The maximum Gasteiger partial charge on any atom is 0.417 e. The fourth-order valence-electron chi connectivity index (χ4n) is 2.09. The number of likely N-dealkylation sites (tertiary alicyclic amines) is 1. The Morgan fingerprint density at radius 3 is 2.10 bits per heavy atom. The lowest BCUT2D eigenvalue weighted by Gasteiger charge is -2.39. The topological polar surface area (TPSA) is 52.9 Å². The van der Waals surface area contributed by atoms with Crippen molar-refractivity contribution in [3.05, 3.63) is 0 Å². The molecule has 1 fully saturated rings. The molecular weight excluding hydrogens is 275 g/mol. The molecular formula is C13H24F3NO3. The number of hydrogen-bond donors (Lipinski definition) is 2. The van der Waals surface area contributed by atoms with Crippen LogP contribution in [0.25, 0.3) is 0 Å². The Bertz CT molecular complexity index is 307. The maximum absolute atomic E-state index is 12.6. The minimum Gasteiger partial charge on any atom is -0.389 e. The van der Waals surface area contributed by atoms with Gasteiger partial charge in [0.05, 0.1) is 18.3 Å². The van der Waals surface area contributed by atoms with Gasteiger partial charge in [-0.25, -0.2) is 0 Å². The molecule has 1 aliphatic rings. The minimum absolute atomic E-state index is 0.114. The fraction of sp³-hybridized carbons (Fsp3) is 1.00. The summed E-state index contributed by atoms with van der Waals surface area (Å²) in [5.74, 6) is 0. The number of β-amino-alcohol motifs (C(OH)–C–C–N with tert-alkyl or cyclic N) is 1. The first-order chi connectivity index (χ1) is 8.93. The van der Waals surface area contributed by atoms with Crippen LogP contribution in [-0.2, 0) is 4.74 Å². The van der Waals surface area contributed by atoms with E-state index in [-0.39, 0.29) is 44.7 Å². The maximum atomic E-state index is 12.6. The second-order valence-corrected chi connectivity index (χ2v) is 6.41. The zero-order valence-corrected chi connectivity index (χ0v) is 12.2. The summed E-state index contributed by atoms with van der Waals surface area (Å²) in [5, 5.41) is 19.3. The highest BCUT2D eigenvalue weighted by molar-refractivity contribution is 4.92. The van der Waals surface area contributed by atoms with E-state index >= 15 is 0 Å². The van der Waals surface area contributed by atoms with E-state index in [9.17, 15) is 23.4 Å². The first-order valence-corrected chi connectivity index (χ1v) is 6.76. The van der Waals surface area contributed by atoms with Crippen LogP contribution in [0.2, 0.25) is 0 Å². The Labute approximate surface area is 117 Å². The Morgan fingerprint density at radius 2 is 1.70 bits per heavy atom. The number of halogens is 3. The summed E-state index contributed by atoms with van der Waals surface area (Å²) in [6.45, 7) is 6.22. The fourth-order valence-corrected chi connectivity index (χ4v) is 2.09. The molecule has 0 aromatic heterocycles. The van der Waals surface area contributed by atoms with Crippen molar-refractivity contribution in [3.63, 3.8) is 0 Å². The molecule has 1 unspecified atom stereocenters. The molecule has 2 N–H and O–H groups in total. The first kappa shape index (κ1) is 17.7. The van der Waals surface area contributed by atoms with Gasteiger partial charge in [0, 0.05) is 19.6 Å². The van der Waals surface area contributed by atoms with Crippen LogP contribution in [-0.4, -0.2) is 64.8 Å². The minimum atomic E-state index is -4.59. The number of aliphatic hydroxyl groups is 2. The molecule has 0 aromatic carbocycles. The molecule has 20 heavy (non-hydrogen) atoms. The summed E-state index contributed by atoms with van der Waals surface area (Å²) >= 11 is 0. The number of aliphatic hydroxyl groups excluding tert-OH is 1. The molecule has 1 rings (SSSR count). The van der Waals surface area contributed by atoms with Gasteiger partial charge in [0.25, 0.3) is 0 Å². The highest BCUT2D eigenvalue weighted by atomic mass is 19.4. The monoisotopic (exact) mass is 299 g/mol. The Balaban J connectivity index is 2.36. The SMILES string of the molecule is CC(C)(C)OCC(O)CN1CCC(O)(C(F)(F)F)CC1. The quantitative estimate of drug-likeness (QED) is 0.827. The van der Waals surface area contributed by atoms with Crippen LogP contribution in [0, 0.1) is 0 Å². The molecule has 1 atom stereocenters. The van der Waals surface area contributed by atoms with Crippen LogP contribution in [0.5, 0.6) is 0 Å². The lowest BCUT2D eigenvalue weighted by molar-refractivity contribution is -0.273. The number of hydrogen-bond acceptors (Lipinski definition) is 4. The van der Waals surface area contributed by atoms with E-state index in [1.165, 1.54) is 0 Å². The van der Waals surface area contributed by atoms with Crippen molar-refractivity contribution in [3.8, 4) is 0 Å². The van der Waals surface area contributed by atoms with Crippen LogP contribution >= 0.6 is 0 Å². The van der Waals surface area contributed by atoms with Crippen LogP contribution < -0.4 is 0 Å².